The van der Waals surface area contributed by atoms with Crippen molar-refractivity contribution >= 4 is 17.5 Å². The second-order valence-electron chi connectivity index (χ2n) is 8.00. The van der Waals surface area contributed by atoms with Gasteiger partial charge in [0.15, 0.2) is 0 Å². The molecule has 1 aliphatic rings. The van der Waals surface area contributed by atoms with Crippen LogP contribution in [0.5, 0.6) is 0 Å². The standard InChI is InChI=1S/C22H35N3O3/c1-17(2)19-5-7-20(8-6-19)24-22(27)16-18(3)15-21(26)23-9-4-10-25-11-13-28-14-12-25/h5-8,17-18H,4,9-16H2,1-3H3,(H,23,26)(H,24,27)/t18-/m1/s1. The first-order valence-corrected chi connectivity index (χ1v) is 10.4. The van der Waals surface area contributed by atoms with Gasteiger partial charge in [-0.1, -0.05) is 32.9 Å². The Morgan fingerprint density at radius 3 is 2.32 bits per heavy atom. The molecule has 0 spiro atoms. The van der Waals surface area contributed by atoms with Crippen LogP contribution in [0.15, 0.2) is 24.3 Å². The van der Waals surface area contributed by atoms with E-state index in [0.29, 0.717) is 25.3 Å². The lowest BCUT2D eigenvalue weighted by Gasteiger charge is -2.26. The van der Waals surface area contributed by atoms with Crippen LogP contribution < -0.4 is 10.6 Å². The summed E-state index contributed by atoms with van der Waals surface area (Å²) < 4.78 is 5.33. The molecule has 1 heterocycles. The van der Waals surface area contributed by atoms with Crippen molar-refractivity contribution in [3.8, 4) is 0 Å². The molecule has 1 saturated heterocycles. The van der Waals surface area contributed by atoms with E-state index >= 15 is 0 Å². The van der Waals surface area contributed by atoms with E-state index < -0.39 is 0 Å². The van der Waals surface area contributed by atoms with E-state index in [2.05, 4.69) is 29.4 Å². The molecule has 0 unspecified atom stereocenters. The number of amides is 2. The molecule has 0 aromatic heterocycles. The van der Waals surface area contributed by atoms with Crippen molar-refractivity contribution in [2.45, 2.75) is 46.0 Å². The van der Waals surface area contributed by atoms with E-state index in [9.17, 15) is 9.59 Å². The average Bonchev–Trinajstić information content (AvgIpc) is 2.66. The molecule has 1 fully saturated rings. The molecule has 2 amide bonds. The Balaban J connectivity index is 1.60. The van der Waals surface area contributed by atoms with Crippen LogP contribution in [0.2, 0.25) is 0 Å². The second-order valence-corrected chi connectivity index (χ2v) is 8.00. The van der Waals surface area contributed by atoms with E-state index in [1.54, 1.807) is 0 Å². The average molecular weight is 390 g/mol. The van der Waals surface area contributed by atoms with E-state index in [0.717, 1.165) is 45.0 Å². The van der Waals surface area contributed by atoms with Gasteiger partial charge in [0.05, 0.1) is 13.2 Å². The molecule has 28 heavy (non-hydrogen) atoms. The smallest absolute Gasteiger partial charge is 0.224 e. The number of rotatable bonds is 10. The normalized spacial score (nSPS) is 16.0. The van der Waals surface area contributed by atoms with Crippen LogP contribution in [0.1, 0.15) is 51.5 Å². The molecule has 2 N–H and O–H groups in total. The lowest BCUT2D eigenvalue weighted by molar-refractivity contribution is -0.122. The van der Waals surface area contributed by atoms with Gasteiger partial charge in [-0.05, 0) is 42.5 Å². The Kier molecular flexibility index (Phi) is 9.44. The fraction of sp³-hybridized carbons (Fsp3) is 0.636. The summed E-state index contributed by atoms with van der Waals surface area (Å²) in [4.78, 5) is 26.6. The number of ether oxygens (including phenoxy) is 1. The Labute approximate surface area is 169 Å². The highest BCUT2D eigenvalue weighted by Crippen LogP contribution is 2.18. The summed E-state index contributed by atoms with van der Waals surface area (Å²) in [6.07, 6.45) is 1.65. The summed E-state index contributed by atoms with van der Waals surface area (Å²) in [6, 6.07) is 7.93. The Bertz CT molecular complexity index is 610. The SMILES string of the molecule is CC(C)c1ccc(NC(=O)C[C@H](C)CC(=O)NCCCN2CCOCC2)cc1. The lowest BCUT2D eigenvalue weighted by atomic mass is 10.0. The van der Waals surface area contributed by atoms with Gasteiger partial charge in [-0.3, -0.25) is 14.5 Å². The maximum Gasteiger partial charge on any atom is 0.224 e. The predicted octanol–water partition coefficient (Wildman–Crippen LogP) is 3.00. The predicted molar refractivity (Wildman–Crippen MR) is 112 cm³/mol. The number of hydrogen-bond donors (Lipinski definition) is 2. The van der Waals surface area contributed by atoms with E-state index in [1.807, 2.05) is 31.2 Å². The van der Waals surface area contributed by atoms with Crippen molar-refractivity contribution in [1.29, 1.82) is 0 Å². The molecular weight excluding hydrogens is 354 g/mol. The highest BCUT2D eigenvalue weighted by atomic mass is 16.5. The van der Waals surface area contributed by atoms with Gasteiger partial charge < -0.3 is 15.4 Å². The maximum absolute atomic E-state index is 12.2. The monoisotopic (exact) mass is 389 g/mol. The highest BCUT2D eigenvalue weighted by Gasteiger charge is 2.14. The molecular formula is C22H35N3O3. The molecule has 1 aromatic carbocycles. The molecule has 6 heteroatoms. The zero-order valence-electron chi connectivity index (χ0n) is 17.5. The molecule has 1 aliphatic heterocycles. The minimum absolute atomic E-state index is 0.00850. The number of morpholine rings is 1. The van der Waals surface area contributed by atoms with Crippen LogP contribution >= 0.6 is 0 Å². The van der Waals surface area contributed by atoms with Crippen molar-refractivity contribution in [3.05, 3.63) is 29.8 Å². The Morgan fingerprint density at radius 2 is 1.68 bits per heavy atom. The molecule has 0 aliphatic carbocycles. The van der Waals surface area contributed by atoms with Crippen LogP contribution in [0.3, 0.4) is 0 Å². The van der Waals surface area contributed by atoms with E-state index in [-0.39, 0.29) is 17.7 Å². The van der Waals surface area contributed by atoms with Gasteiger partial charge in [-0.2, -0.15) is 0 Å². The first kappa shape index (κ1) is 22.4. The number of nitrogens with one attached hydrogen (secondary N) is 2. The van der Waals surface area contributed by atoms with Gasteiger partial charge in [0, 0.05) is 38.2 Å². The molecule has 0 saturated carbocycles. The van der Waals surface area contributed by atoms with Crippen molar-refractivity contribution in [2.24, 2.45) is 5.92 Å². The molecule has 0 bridgehead atoms. The molecule has 0 radical (unpaired) electrons. The third kappa shape index (κ3) is 8.40. The minimum Gasteiger partial charge on any atom is -0.379 e. The van der Waals surface area contributed by atoms with Crippen LogP contribution in [0, 0.1) is 5.92 Å². The Hall–Kier alpha value is -1.92. The third-order valence-electron chi connectivity index (χ3n) is 5.01. The number of carbonyl (C=O) groups is 2. The van der Waals surface area contributed by atoms with Crippen LogP contribution in [-0.4, -0.2) is 56.1 Å². The minimum atomic E-state index is -0.0510. The summed E-state index contributed by atoms with van der Waals surface area (Å²) in [7, 11) is 0. The summed E-state index contributed by atoms with van der Waals surface area (Å²) in [5.74, 6) is 0.444. The zero-order valence-corrected chi connectivity index (χ0v) is 17.5. The van der Waals surface area contributed by atoms with Gasteiger partial charge in [-0.15, -0.1) is 0 Å². The van der Waals surface area contributed by atoms with Gasteiger partial charge >= 0.3 is 0 Å². The first-order valence-electron chi connectivity index (χ1n) is 10.4. The van der Waals surface area contributed by atoms with Crippen LogP contribution in [0.25, 0.3) is 0 Å². The Morgan fingerprint density at radius 1 is 1.04 bits per heavy atom. The third-order valence-corrected chi connectivity index (χ3v) is 5.01. The fourth-order valence-electron chi connectivity index (χ4n) is 3.30. The second kappa shape index (κ2) is 11.8. The van der Waals surface area contributed by atoms with Crippen molar-refractivity contribution in [2.75, 3.05) is 44.7 Å². The number of hydrogen-bond acceptors (Lipinski definition) is 4. The lowest BCUT2D eigenvalue weighted by Crippen LogP contribution is -2.38. The fourth-order valence-corrected chi connectivity index (χ4v) is 3.30. The van der Waals surface area contributed by atoms with Gasteiger partial charge in [0.2, 0.25) is 11.8 Å². The molecule has 1 atom stereocenters. The first-order chi connectivity index (χ1) is 13.4. The van der Waals surface area contributed by atoms with Gasteiger partial charge in [0.25, 0.3) is 0 Å². The van der Waals surface area contributed by atoms with E-state index in [1.165, 1.54) is 5.56 Å². The molecule has 2 rings (SSSR count). The van der Waals surface area contributed by atoms with E-state index in [4.69, 9.17) is 4.74 Å². The summed E-state index contributed by atoms with van der Waals surface area (Å²) in [5, 5.41) is 5.88. The van der Waals surface area contributed by atoms with Crippen molar-refractivity contribution in [1.82, 2.24) is 10.2 Å². The molecule has 6 nitrogen and oxygen atoms in total. The largest absolute Gasteiger partial charge is 0.379 e. The van der Waals surface area contributed by atoms with Crippen molar-refractivity contribution < 1.29 is 14.3 Å². The topological polar surface area (TPSA) is 70.7 Å². The van der Waals surface area contributed by atoms with Gasteiger partial charge in [0.1, 0.15) is 0 Å². The van der Waals surface area contributed by atoms with Gasteiger partial charge in [-0.25, -0.2) is 0 Å². The van der Waals surface area contributed by atoms with Crippen LogP contribution in [-0.2, 0) is 14.3 Å². The number of benzene rings is 1. The number of nitrogens with zero attached hydrogens (tertiary/aromatic N) is 1. The van der Waals surface area contributed by atoms with Crippen LogP contribution in [0.4, 0.5) is 5.69 Å². The zero-order chi connectivity index (χ0) is 20.4. The molecule has 1 aromatic rings. The maximum atomic E-state index is 12.2. The summed E-state index contributed by atoms with van der Waals surface area (Å²) in [5.41, 5.74) is 2.05. The molecule has 156 valence electrons. The highest BCUT2D eigenvalue weighted by molar-refractivity contribution is 5.91. The van der Waals surface area contributed by atoms with Crippen molar-refractivity contribution in [3.63, 3.8) is 0 Å². The number of carbonyl (C=O) groups excluding carboxylic acids is 2. The number of anilines is 1. The quantitative estimate of drug-likeness (QED) is 0.604. The summed E-state index contributed by atoms with van der Waals surface area (Å²) in [6.45, 7) is 11.4. The summed E-state index contributed by atoms with van der Waals surface area (Å²) >= 11 is 0.